The first-order valence-corrected chi connectivity index (χ1v) is 8.92. The summed E-state index contributed by atoms with van der Waals surface area (Å²) in [5.41, 5.74) is 1.34. The van der Waals surface area contributed by atoms with Gasteiger partial charge in [-0.2, -0.15) is 0 Å². The highest BCUT2D eigenvalue weighted by molar-refractivity contribution is 9.11. The van der Waals surface area contributed by atoms with Crippen molar-refractivity contribution in [3.8, 4) is 0 Å². The van der Waals surface area contributed by atoms with Crippen LogP contribution in [-0.4, -0.2) is 19.3 Å². The smallest absolute Gasteiger partial charge is 0.0731 e. The molecule has 0 aromatic carbocycles. The maximum atomic E-state index is 5.84. The number of halogens is 1. The van der Waals surface area contributed by atoms with E-state index < -0.39 is 0 Å². The lowest BCUT2D eigenvalue weighted by atomic mass is 10.0. The van der Waals surface area contributed by atoms with Crippen molar-refractivity contribution in [2.24, 2.45) is 0 Å². The fraction of sp³-hybridized carbons (Fsp3) is 0.733. The second-order valence-electron chi connectivity index (χ2n) is 5.28. The van der Waals surface area contributed by atoms with Gasteiger partial charge in [-0.05, 0) is 73.1 Å². The summed E-state index contributed by atoms with van der Waals surface area (Å²) in [7, 11) is 0. The Labute approximate surface area is 129 Å². The van der Waals surface area contributed by atoms with Crippen molar-refractivity contribution in [1.82, 2.24) is 5.32 Å². The normalized spacial score (nSPS) is 21.5. The van der Waals surface area contributed by atoms with Crippen LogP contribution in [0.1, 0.15) is 55.5 Å². The minimum Gasteiger partial charge on any atom is -0.378 e. The van der Waals surface area contributed by atoms with Crippen molar-refractivity contribution in [2.45, 2.75) is 58.1 Å². The predicted octanol–water partition coefficient (Wildman–Crippen LogP) is 4.82. The maximum Gasteiger partial charge on any atom is 0.0731 e. The second-order valence-corrected chi connectivity index (χ2v) is 7.68. The largest absolute Gasteiger partial charge is 0.378 e. The van der Waals surface area contributed by atoms with Crippen LogP contribution in [0.25, 0.3) is 0 Å². The van der Waals surface area contributed by atoms with Gasteiger partial charge in [0.2, 0.25) is 0 Å². The molecule has 2 heterocycles. The monoisotopic (exact) mass is 345 g/mol. The molecule has 1 aliphatic heterocycles. The molecule has 0 saturated carbocycles. The van der Waals surface area contributed by atoms with Crippen molar-refractivity contribution in [1.29, 1.82) is 0 Å². The summed E-state index contributed by atoms with van der Waals surface area (Å²) in [6, 6.07) is 2.79. The molecule has 0 radical (unpaired) electrons. The minimum atomic E-state index is 0.477. The van der Waals surface area contributed by atoms with Crippen molar-refractivity contribution < 1.29 is 4.74 Å². The van der Waals surface area contributed by atoms with Crippen LogP contribution in [0.5, 0.6) is 0 Å². The Hall–Kier alpha value is 0.1000. The Kier molecular flexibility index (Phi) is 6.33. The van der Waals surface area contributed by atoms with E-state index in [9.17, 15) is 0 Å². The molecule has 4 heteroatoms. The third-order valence-electron chi connectivity index (χ3n) is 3.72. The van der Waals surface area contributed by atoms with E-state index >= 15 is 0 Å². The van der Waals surface area contributed by atoms with Crippen LogP contribution in [0.3, 0.4) is 0 Å². The van der Waals surface area contributed by atoms with Gasteiger partial charge in [-0.15, -0.1) is 11.3 Å². The molecule has 1 fully saturated rings. The zero-order valence-electron chi connectivity index (χ0n) is 11.9. The highest BCUT2D eigenvalue weighted by Gasteiger charge is 2.19. The topological polar surface area (TPSA) is 21.3 Å². The Morgan fingerprint density at radius 1 is 1.53 bits per heavy atom. The van der Waals surface area contributed by atoms with Gasteiger partial charge in [0.15, 0.2) is 0 Å². The third-order valence-corrected chi connectivity index (χ3v) is 5.97. The number of hydrogen-bond acceptors (Lipinski definition) is 3. The summed E-state index contributed by atoms with van der Waals surface area (Å²) in [5, 5.41) is 3.61. The average molecular weight is 346 g/mol. The second kappa shape index (κ2) is 7.77. The Morgan fingerprint density at radius 2 is 2.37 bits per heavy atom. The molecule has 0 bridgehead atoms. The van der Waals surface area contributed by atoms with Crippen molar-refractivity contribution in [2.75, 3.05) is 13.2 Å². The highest BCUT2D eigenvalue weighted by atomic mass is 79.9. The van der Waals surface area contributed by atoms with E-state index in [0.717, 1.165) is 13.2 Å². The Morgan fingerprint density at radius 3 is 2.95 bits per heavy atom. The quantitative estimate of drug-likeness (QED) is 0.797. The molecular weight excluding hydrogens is 322 g/mol. The molecule has 2 nitrogen and oxygen atoms in total. The van der Waals surface area contributed by atoms with Crippen LogP contribution in [0.15, 0.2) is 9.85 Å². The van der Waals surface area contributed by atoms with Crippen LogP contribution >= 0.6 is 27.3 Å². The van der Waals surface area contributed by atoms with E-state index in [-0.39, 0.29) is 0 Å². The van der Waals surface area contributed by atoms with Crippen LogP contribution in [0, 0.1) is 6.92 Å². The molecule has 0 amide bonds. The summed E-state index contributed by atoms with van der Waals surface area (Å²) in [5.74, 6) is 0. The lowest BCUT2D eigenvalue weighted by Crippen LogP contribution is -2.24. The summed E-state index contributed by atoms with van der Waals surface area (Å²) < 4.78 is 7.10. The van der Waals surface area contributed by atoms with Gasteiger partial charge in [-0.25, -0.2) is 0 Å². The number of ether oxygens (including phenoxy) is 1. The molecule has 2 atom stereocenters. The highest BCUT2D eigenvalue weighted by Crippen LogP contribution is 2.34. The Bertz CT molecular complexity index is 368. The van der Waals surface area contributed by atoms with E-state index in [1.165, 1.54) is 46.3 Å². The van der Waals surface area contributed by atoms with Crippen LogP contribution < -0.4 is 5.32 Å². The summed E-state index contributed by atoms with van der Waals surface area (Å²) in [6.45, 7) is 6.32. The standard InChI is InChI=1S/C15H24BrNOS/c1-3-17-13(14-10-11(2)15(16)19-14)8-7-12-6-4-5-9-18-12/h10,12-13,17H,3-9H2,1-2H3. The van der Waals surface area contributed by atoms with Gasteiger partial charge in [-0.3, -0.25) is 0 Å². The molecule has 19 heavy (non-hydrogen) atoms. The fourth-order valence-electron chi connectivity index (χ4n) is 2.63. The SMILES string of the molecule is CCNC(CCC1CCCCO1)c1cc(C)c(Br)s1. The first kappa shape index (κ1) is 15.5. The third kappa shape index (κ3) is 4.55. The maximum absolute atomic E-state index is 5.84. The summed E-state index contributed by atoms with van der Waals surface area (Å²) in [4.78, 5) is 1.45. The molecule has 1 aliphatic rings. The zero-order chi connectivity index (χ0) is 13.7. The van der Waals surface area contributed by atoms with E-state index in [1.54, 1.807) is 0 Å². The molecule has 0 spiro atoms. The van der Waals surface area contributed by atoms with Gasteiger partial charge in [0.1, 0.15) is 0 Å². The molecule has 1 saturated heterocycles. The van der Waals surface area contributed by atoms with E-state index in [2.05, 4.69) is 41.2 Å². The average Bonchev–Trinajstić information content (AvgIpc) is 2.76. The van der Waals surface area contributed by atoms with Gasteiger partial charge in [0, 0.05) is 17.5 Å². The molecule has 0 aliphatic carbocycles. The van der Waals surface area contributed by atoms with Gasteiger partial charge in [0.05, 0.1) is 9.89 Å². The number of nitrogens with one attached hydrogen (secondary N) is 1. The fourth-order valence-corrected chi connectivity index (χ4v) is 4.32. The first-order chi connectivity index (χ1) is 9.20. The van der Waals surface area contributed by atoms with Crippen LogP contribution in [0.4, 0.5) is 0 Å². The molecule has 2 rings (SSSR count). The van der Waals surface area contributed by atoms with Crippen molar-refractivity contribution >= 4 is 27.3 Å². The predicted molar refractivity (Wildman–Crippen MR) is 86.0 cm³/mol. The lowest BCUT2D eigenvalue weighted by molar-refractivity contribution is 0.00862. The lowest BCUT2D eigenvalue weighted by Gasteiger charge is -2.25. The molecule has 1 aromatic heterocycles. The number of thiophene rings is 1. The molecule has 1 aromatic rings. The van der Waals surface area contributed by atoms with E-state index in [1.807, 2.05) is 11.3 Å². The Balaban J connectivity index is 1.91. The number of hydrogen-bond donors (Lipinski definition) is 1. The van der Waals surface area contributed by atoms with E-state index in [4.69, 9.17) is 4.74 Å². The van der Waals surface area contributed by atoms with Gasteiger partial charge >= 0.3 is 0 Å². The zero-order valence-corrected chi connectivity index (χ0v) is 14.3. The molecule has 2 unspecified atom stereocenters. The first-order valence-electron chi connectivity index (χ1n) is 7.31. The molecular formula is C15H24BrNOS. The van der Waals surface area contributed by atoms with Gasteiger partial charge in [0.25, 0.3) is 0 Å². The van der Waals surface area contributed by atoms with Crippen molar-refractivity contribution in [3.05, 3.63) is 20.3 Å². The number of aryl methyl sites for hydroxylation is 1. The van der Waals surface area contributed by atoms with Crippen molar-refractivity contribution in [3.63, 3.8) is 0 Å². The summed E-state index contributed by atoms with van der Waals surface area (Å²) in [6.07, 6.45) is 6.65. The molecule has 1 N–H and O–H groups in total. The van der Waals surface area contributed by atoms with Crippen LogP contribution in [-0.2, 0) is 4.74 Å². The van der Waals surface area contributed by atoms with E-state index in [0.29, 0.717) is 12.1 Å². The van der Waals surface area contributed by atoms with Crippen LogP contribution in [0.2, 0.25) is 0 Å². The summed E-state index contributed by atoms with van der Waals surface area (Å²) >= 11 is 5.49. The van der Waals surface area contributed by atoms with Gasteiger partial charge in [-0.1, -0.05) is 6.92 Å². The number of rotatable bonds is 6. The minimum absolute atomic E-state index is 0.477. The molecule has 108 valence electrons. The van der Waals surface area contributed by atoms with Gasteiger partial charge < -0.3 is 10.1 Å².